The van der Waals surface area contributed by atoms with Gasteiger partial charge >= 0.3 is 0 Å². The molecule has 0 bridgehead atoms. The Morgan fingerprint density at radius 1 is 0.500 bits per heavy atom. The lowest BCUT2D eigenvalue weighted by Crippen LogP contribution is -2.15. The summed E-state index contributed by atoms with van der Waals surface area (Å²) >= 11 is 0. The number of nitriles is 1. The topological polar surface area (TPSA) is 38.0 Å². The number of fused-ring (bicyclic) bond motifs is 12. The predicted molar refractivity (Wildman–Crippen MR) is 231 cm³/mol. The Hall–Kier alpha value is -6.88. The summed E-state index contributed by atoms with van der Waals surface area (Å²) in [5, 5.41) is 15.6. The first kappa shape index (κ1) is 32.5. The highest BCUT2D eigenvalue weighted by Gasteiger charge is 2.38. The zero-order valence-corrected chi connectivity index (χ0v) is 32.3. The summed E-state index contributed by atoms with van der Waals surface area (Å²) in [7, 11) is 0. The minimum Gasteiger partial charge on any atom is -0.319 e. The zero-order valence-electron chi connectivity index (χ0n) is 32.3. The maximum absolute atomic E-state index is 11.1. The molecular weight excluding hydrogens is 681 g/mol. The Morgan fingerprint density at radius 2 is 0.964 bits per heavy atom. The molecule has 0 N–H and O–H groups in total. The van der Waals surface area contributed by atoms with Crippen LogP contribution in [0, 0.1) is 31.8 Å². The number of rotatable bonds is 2. The molecule has 56 heavy (non-hydrogen) atoms. The van der Waals surface area contributed by atoms with Crippen LogP contribution in [-0.4, -0.2) is 9.13 Å². The first-order valence-electron chi connectivity index (χ1n) is 19.4. The summed E-state index contributed by atoms with van der Waals surface area (Å²) in [5.41, 5.74) is 18.8. The van der Waals surface area contributed by atoms with E-state index < -0.39 is 0 Å². The normalized spacial score (nSPS) is 14.5. The van der Waals surface area contributed by atoms with Gasteiger partial charge in [0.2, 0.25) is 5.69 Å². The van der Waals surface area contributed by atoms with Crippen LogP contribution in [0.4, 0.5) is 5.69 Å². The maximum atomic E-state index is 11.1. The highest BCUT2D eigenvalue weighted by molar-refractivity contribution is 6.14. The molecule has 4 nitrogen and oxygen atoms in total. The van der Waals surface area contributed by atoms with E-state index in [0.717, 1.165) is 43.6 Å². The van der Waals surface area contributed by atoms with Crippen LogP contribution in [0.1, 0.15) is 66.6 Å². The Bertz CT molecular complexity index is 3120. The Balaban J connectivity index is 1.21. The van der Waals surface area contributed by atoms with E-state index in [4.69, 9.17) is 6.57 Å². The Morgan fingerprint density at radius 3 is 1.45 bits per heavy atom. The van der Waals surface area contributed by atoms with E-state index in [1.807, 2.05) is 12.1 Å². The van der Waals surface area contributed by atoms with Gasteiger partial charge in [0.15, 0.2) is 0 Å². The fourth-order valence-corrected chi connectivity index (χ4v) is 10.3. The molecule has 2 aliphatic carbocycles. The van der Waals surface area contributed by atoms with Gasteiger partial charge in [-0.15, -0.1) is 0 Å². The highest BCUT2D eigenvalue weighted by Crippen LogP contribution is 2.53. The monoisotopic (exact) mass is 718 g/mol. The third kappa shape index (κ3) is 4.06. The summed E-state index contributed by atoms with van der Waals surface area (Å²) < 4.78 is 4.45. The minimum atomic E-state index is -0.189. The molecule has 0 saturated carbocycles. The molecule has 2 aromatic heterocycles. The predicted octanol–water partition coefficient (Wildman–Crippen LogP) is 13.5. The van der Waals surface area contributed by atoms with E-state index in [-0.39, 0.29) is 10.8 Å². The first-order chi connectivity index (χ1) is 27.0. The fourth-order valence-electron chi connectivity index (χ4n) is 10.3. The van der Waals surface area contributed by atoms with E-state index in [1.165, 1.54) is 55.6 Å². The van der Waals surface area contributed by atoms with Crippen molar-refractivity contribution in [2.75, 3.05) is 0 Å². The summed E-state index contributed by atoms with van der Waals surface area (Å²) in [5.74, 6) is 0. The Labute approximate surface area is 326 Å². The molecule has 7 aromatic carbocycles. The molecule has 0 saturated heterocycles. The quantitative estimate of drug-likeness (QED) is 0.164. The average Bonchev–Trinajstić information content (AvgIpc) is 3.84. The lowest BCUT2D eigenvalue weighted by molar-refractivity contribution is 0.661. The summed E-state index contributed by atoms with van der Waals surface area (Å²) in [4.78, 5) is 4.23. The second-order valence-corrected chi connectivity index (χ2v) is 17.0. The van der Waals surface area contributed by atoms with E-state index in [0.29, 0.717) is 22.6 Å². The maximum Gasteiger partial charge on any atom is 0.212 e. The molecule has 0 aliphatic heterocycles. The van der Waals surface area contributed by atoms with Crippen LogP contribution in [0.2, 0.25) is 0 Å². The van der Waals surface area contributed by atoms with Crippen LogP contribution in [0.25, 0.3) is 82.1 Å². The molecule has 0 spiro atoms. The van der Waals surface area contributed by atoms with Crippen LogP contribution < -0.4 is 0 Å². The van der Waals surface area contributed by atoms with Gasteiger partial charge in [-0.3, -0.25) is 0 Å². The molecule has 0 fully saturated rings. The molecule has 0 radical (unpaired) electrons. The van der Waals surface area contributed by atoms with Crippen LogP contribution in [0.3, 0.4) is 0 Å². The number of aromatic nitrogens is 2. The molecule has 0 amide bonds. The van der Waals surface area contributed by atoms with Gasteiger partial charge < -0.3 is 9.13 Å². The molecule has 9 aromatic rings. The van der Waals surface area contributed by atoms with Crippen LogP contribution in [-0.2, 0) is 10.8 Å². The van der Waals surface area contributed by atoms with Gasteiger partial charge in [-0.1, -0.05) is 99.5 Å². The van der Waals surface area contributed by atoms with E-state index in [2.05, 4.69) is 171 Å². The van der Waals surface area contributed by atoms with Gasteiger partial charge in [-0.25, -0.2) is 4.85 Å². The van der Waals surface area contributed by atoms with E-state index >= 15 is 0 Å². The van der Waals surface area contributed by atoms with Crippen molar-refractivity contribution >= 4 is 49.3 Å². The molecule has 266 valence electrons. The van der Waals surface area contributed by atoms with Gasteiger partial charge in [-0.2, -0.15) is 5.26 Å². The SMILES string of the molecule is [C-]#[N+]c1cc(-n2c3ccc(C)cc3c3cc4c(cc32)C(C)(C)c2ccccc2-4)c(C#N)cc1-n1c2ccc(C)cc2c2cc3c(cc21)C(C)(C)c1ccccc1-3. The molecule has 2 heterocycles. The summed E-state index contributed by atoms with van der Waals surface area (Å²) in [6.45, 7) is 22.1. The minimum absolute atomic E-state index is 0.188. The number of hydrogen-bond donors (Lipinski definition) is 0. The molecule has 2 aliphatic rings. The lowest BCUT2D eigenvalue weighted by Gasteiger charge is -2.22. The number of nitrogens with zero attached hydrogens (tertiary/aromatic N) is 4. The van der Waals surface area contributed by atoms with Crippen LogP contribution in [0.15, 0.2) is 121 Å². The van der Waals surface area contributed by atoms with Gasteiger partial charge in [0.1, 0.15) is 6.07 Å². The van der Waals surface area contributed by atoms with Crippen LogP contribution in [0.5, 0.6) is 0 Å². The van der Waals surface area contributed by atoms with Crippen molar-refractivity contribution in [1.82, 2.24) is 9.13 Å². The van der Waals surface area contributed by atoms with Crippen molar-refractivity contribution < 1.29 is 0 Å². The molecule has 4 heteroatoms. The second-order valence-electron chi connectivity index (χ2n) is 17.0. The van der Waals surface area contributed by atoms with Crippen molar-refractivity contribution in [3.63, 3.8) is 0 Å². The molecular formula is C52H38N4. The van der Waals surface area contributed by atoms with Gasteiger partial charge in [0, 0.05) is 32.4 Å². The summed E-state index contributed by atoms with van der Waals surface area (Å²) in [6.07, 6.45) is 0. The van der Waals surface area contributed by atoms with Crippen molar-refractivity contribution in [3.8, 4) is 39.7 Å². The fraction of sp³-hybridized carbons (Fsp3) is 0.154. The summed E-state index contributed by atoms with van der Waals surface area (Å²) in [6, 6.07) is 46.4. The van der Waals surface area contributed by atoms with Crippen molar-refractivity contribution in [2.24, 2.45) is 0 Å². The Kier molecular flexibility index (Phi) is 6.32. The second kappa shape index (κ2) is 10.9. The van der Waals surface area contributed by atoms with Gasteiger partial charge in [0.25, 0.3) is 0 Å². The van der Waals surface area contributed by atoms with Gasteiger partial charge in [0.05, 0.1) is 45.6 Å². The standard InChI is InChI=1S/C52H38N4/c1-29-16-18-45-36(20-29)38-23-34-32-12-8-10-14-40(32)51(3,4)42(34)25-48(38)55(45)47-27-44(54-7)50(22-31(47)28-53)56-46-19-17-30(2)21-37(46)39-24-35-33-13-9-11-15-41(33)52(5,6)43(35)26-49(39)56/h8-27H,1-6H3. The smallest absolute Gasteiger partial charge is 0.212 e. The third-order valence-corrected chi connectivity index (χ3v) is 13.1. The van der Waals surface area contributed by atoms with Crippen molar-refractivity contribution in [3.05, 3.63) is 172 Å². The van der Waals surface area contributed by atoms with Crippen molar-refractivity contribution in [1.29, 1.82) is 5.26 Å². The van der Waals surface area contributed by atoms with E-state index in [1.54, 1.807) is 0 Å². The lowest BCUT2D eigenvalue weighted by atomic mass is 9.82. The third-order valence-electron chi connectivity index (χ3n) is 13.1. The number of benzene rings is 7. The average molecular weight is 719 g/mol. The van der Waals surface area contributed by atoms with Crippen molar-refractivity contribution in [2.45, 2.75) is 52.4 Å². The highest BCUT2D eigenvalue weighted by atomic mass is 15.0. The van der Waals surface area contributed by atoms with E-state index in [9.17, 15) is 5.26 Å². The zero-order chi connectivity index (χ0) is 38.4. The largest absolute Gasteiger partial charge is 0.319 e. The molecule has 0 unspecified atom stereocenters. The van der Waals surface area contributed by atoms with Gasteiger partial charge in [-0.05, 0) is 119 Å². The molecule has 0 atom stereocenters. The number of aryl methyl sites for hydroxylation is 2. The molecule has 11 rings (SSSR count). The first-order valence-corrected chi connectivity index (χ1v) is 19.4. The number of hydrogen-bond acceptors (Lipinski definition) is 1. The van der Waals surface area contributed by atoms with Crippen LogP contribution >= 0.6 is 0 Å².